The van der Waals surface area contributed by atoms with Gasteiger partial charge < -0.3 is 0 Å². The zero-order valence-electron chi connectivity index (χ0n) is 8.02. The summed E-state index contributed by atoms with van der Waals surface area (Å²) in [4.78, 5) is 0. The Morgan fingerprint density at radius 3 is 2.57 bits per heavy atom. The van der Waals surface area contributed by atoms with Crippen molar-refractivity contribution in [3.05, 3.63) is 44.9 Å². The molecule has 3 heteroatoms. The van der Waals surface area contributed by atoms with E-state index in [1.807, 2.05) is 32.0 Å². The first-order valence-corrected chi connectivity index (χ1v) is 5.43. The van der Waals surface area contributed by atoms with Crippen LogP contribution in [0.3, 0.4) is 0 Å². The Bertz CT molecular complexity index is 352. The zero-order valence-corrected chi connectivity index (χ0v) is 10.3. The van der Waals surface area contributed by atoms with E-state index in [1.165, 1.54) is 0 Å². The predicted octanol–water partition coefficient (Wildman–Crippen LogP) is 5.07. The SMILES string of the molecule is Cc1c(Cl)cccc1C(C)C=C(Cl)Cl. The highest BCUT2D eigenvalue weighted by molar-refractivity contribution is 6.55. The first kappa shape index (κ1) is 11.9. The van der Waals surface area contributed by atoms with Crippen LogP contribution in [0, 0.1) is 6.92 Å². The Kier molecular flexibility index (Phi) is 4.31. The summed E-state index contributed by atoms with van der Waals surface area (Å²) in [6.07, 6.45) is 1.79. The van der Waals surface area contributed by atoms with Crippen molar-refractivity contribution in [1.82, 2.24) is 0 Å². The van der Waals surface area contributed by atoms with E-state index in [4.69, 9.17) is 34.8 Å². The van der Waals surface area contributed by atoms with Gasteiger partial charge in [0, 0.05) is 10.9 Å². The summed E-state index contributed by atoms with van der Waals surface area (Å²) >= 11 is 17.2. The molecule has 0 aromatic heterocycles. The standard InChI is InChI=1S/C11H11Cl3/c1-7(6-11(13)14)9-4-3-5-10(12)8(9)2/h3-7H,1-2H3. The highest BCUT2D eigenvalue weighted by Gasteiger charge is 2.08. The maximum atomic E-state index is 6.01. The van der Waals surface area contributed by atoms with E-state index in [1.54, 1.807) is 6.08 Å². The van der Waals surface area contributed by atoms with E-state index in [2.05, 4.69) is 0 Å². The zero-order chi connectivity index (χ0) is 10.7. The van der Waals surface area contributed by atoms with Gasteiger partial charge in [-0.25, -0.2) is 0 Å². The lowest BCUT2D eigenvalue weighted by atomic mass is 9.97. The molecular weight excluding hydrogens is 238 g/mol. The molecule has 0 aliphatic rings. The lowest BCUT2D eigenvalue weighted by Crippen LogP contribution is -1.93. The summed E-state index contributed by atoms with van der Waals surface area (Å²) in [6.45, 7) is 4.02. The molecule has 0 aliphatic heterocycles. The van der Waals surface area contributed by atoms with Gasteiger partial charge in [-0.2, -0.15) is 0 Å². The smallest absolute Gasteiger partial charge is 0.0840 e. The third kappa shape index (κ3) is 2.91. The molecule has 76 valence electrons. The van der Waals surface area contributed by atoms with Crippen molar-refractivity contribution in [2.24, 2.45) is 0 Å². The minimum absolute atomic E-state index is 0.179. The topological polar surface area (TPSA) is 0 Å². The van der Waals surface area contributed by atoms with E-state index in [9.17, 15) is 0 Å². The van der Waals surface area contributed by atoms with E-state index in [0.717, 1.165) is 16.1 Å². The molecule has 0 saturated carbocycles. The van der Waals surface area contributed by atoms with Gasteiger partial charge in [-0.1, -0.05) is 53.9 Å². The second-order valence-electron chi connectivity index (χ2n) is 3.20. The third-order valence-electron chi connectivity index (χ3n) is 2.18. The molecule has 0 nitrogen and oxygen atoms in total. The maximum Gasteiger partial charge on any atom is 0.103 e. The molecule has 0 saturated heterocycles. The Labute approximate surface area is 99.5 Å². The van der Waals surface area contributed by atoms with Gasteiger partial charge in [0.1, 0.15) is 4.49 Å². The van der Waals surface area contributed by atoms with Crippen molar-refractivity contribution in [1.29, 1.82) is 0 Å². The van der Waals surface area contributed by atoms with Crippen LogP contribution in [0.4, 0.5) is 0 Å². The second kappa shape index (κ2) is 5.06. The van der Waals surface area contributed by atoms with Crippen LogP contribution in [0.5, 0.6) is 0 Å². The number of hydrogen-bond donors (Lipinski definition) is 0. The minimum Gasteiger partial charge on any atom is -0.0840 e. The molecule has 0 radical (unpaired) electrons. The van der Waals surface area contributed by atoms with Crippen LogP contribution >= 0.6 is 34.8 Å². The number of allylic oxidation sites excluding steroid dienone is 1. The molecule has 0 fully saturated rings. The average Bonchev–Trinajstić information content (AvgIpc) is 2.08. The summed E-state index contributed by atoms with van der Waals surface area (Å²) < 4.78 is 0.289. The highest BCUT2D eigenvalue weighted by atomic mass is 35.5. The monoisotopic (exact) mass is 248 g/mol. The van der Waals surface area contributed by atoms with Gasteiger partial charge in [0.25, 0.3) is 0 Å². The number of halogens is 3. The Morgan fingerprint density at radius 1 is 1.36 bits per heavy atom. The normalized spacial score (nSPS) is 12.4. The van der Waals surface area contributed by atoms with Crippen LogP contribution in [-0.2, 0) is 0 Å². The molecule has 1 rings (SSSR count). The van der Waals surface area contributed by atoms with Gasteiger partial charge in [0.05, 0.1) is 0 Å². The van der Waals surface area contributed by atoms with Crippen molar-refractivity contribution >= 4 is 34.8 Å². The molecule has 1 aromatic carbocycles. The van der Waals surface area contributed by atoms with Gasteiger partial charge in [-0.3, -0.25) is 0 Å². The molecule has 0 N–H and O–H groups in total. The van der Waals surface area contributed by atoms with Crippen LogP contribution in [0.15, 0.2) is 28.8 Å². The summed E-state index contributed by atoms with van der Waals surface area (Å²) in [6, 6.07) is 5.83. The lowest BCUT2D eigenvalue weighted by Gasteiger charge is -2.11. The van der Waals surface area contributed by atoms with Crippen LogP contribution in [0.1, 0.15) is 24.0 Å². The van der Waals surface area contributed by atoms with E-state index >= 15 is 0 Å². The van der Waals surface area contributed by atoms with Crippen molar-refractivity contribution in [2.75, 3.05) is 0 Å². The van der Waals surface area contributed by atoms with Crippen LogP contribution in [-0.4, -0.2) is 0 Å². The summed E-state index contributed by atoms with van der Waals surface area (Å²) in [7, 11) is 0. The molecule has 1 unspecified atom stereocenters. The third-order valence-corrected chi connectivity index (χ3v) is 2.84. The largest absolute Gasteiger partial charge is 0.103 e. The van der Waals surface area contributed by atoms with E-state index in [0.29, 0.717) is 0 Å². The van der Waals surface area contributed by atoms with Crippen molar-refractivity contribution in [3.63, 3.8) is 0 Å². The molecule has 0 bridgehead atoms. The Balaban J connectivity index is 3.07. The van der Waals surface area contributed by atoms with Crippen molar-refractivity contribution < 1.29 is 0 Å². The van der Waals surface area contributed by atoms with Crippen LogP contribution < -0.4 is 0 Å². The van der Waals surface area contributed by atoms with E-state index < -0.39 is 0 Å². The van der Waals surface area contributed by atoms with E-state index in [-0.39, 0.29) is 10.4 Å². The maximum absolute atomic E-state index is 6.01. The summed E-state index contributed by atoms with van der Waals surface area (Å²) in [5.41, 5.74) is 2.23. The van der Waals surface area contributed by atoms with Gasteiger partial charge in [0.2, 0.25) is 0 Å². The lowest BCUT2D eigenvalue weighted by molar-refractivity contribution is 0.953. The van der Waals surface area contributed by atoms with Crippen molar-refractivity contribution in [3.8, 4) is 0 Å². The van der Waals surface area contributed by atoms with Gasteiger partial charge >= 0.3 is 0 Å². The van der Waals surface area contributed by atoms with Crippen LogP contribution in [0.2, 0.25) is 5.02 Å². The predicted molar refractivity (Wildman–Crippen MR) is 64.4 cm³/mol. The van der Waals surface area contributed by atoms with Gasteiger partial charge in [-0.15, -0.1) is 0 Å². The minimum atomic E-state index is 0.179. The first-order chi connectivity index (χ1) is 6.52. The van der Waals surface area contributed by atoms with Gasteiger partial charge in [0.15, 0.2) is 0 Å². The average molecular weight is 250 g/mol. The molecule has 0 aliphatic carbocycles. The first-order valence-electron chi connectivity index (χ1n) is 4.30. The fraction of sp³-hybridized carbons (Fsp3) is 0.273. The molecule has 0 heterocycles. The van der Waals surface area contributed by atoms with Crippen LogP contribution in [0.25, 0.3) is 0 Å². The quantitative estimate of drug-likeness (QED) is 0.686. The highest BCUT2D eigenvalue weighted by Crippen LogP contribution is 2.27. The molecule has 1 aromatic rings. The molecule has 1 atom stereocenters. The molecule has 0 spiro atoms. The Morgan fingerprint density at radius 2 is 2.00 bits per heavy atom. The number of hydrogen-bond acceptors (Lipinski definition) is 0. The fourth-order valence-corrected chi connectivity index (χ4v) is 1.96. The second-order valence-corrected chi connectivity index (χ2v) is 4.61. The molecular formula is C11H11Cl3. The van der Waals surface area contributed by atoms with Crippen molar-refractivity contribution in [2.45, 2.75) is 19.8 Å². The van der Waals surface area contributed by atoms with Gasteiger partial charge in [-0.05, 0) is 30.2 Å². The molecule has 14 heavy (non-hydrogen) atoms. The summed E-state index contributed by atoms with van der Waals surface area (Å²) in [5.74, 6) is 0.179. The Hall–Kier alpha value is -0.170. The fourth-order valence-electron chi connectivity index (χ4n) is 1.40. The molecule has 0 amide bonds. The number of rotatable bonds is 2. The number of benzene rings is 1. The summed E-state index contributed by atoms with van der Waals surface area (Å²) in [5, 5.41) is 0.772.